The Morgan fingerprint density at radius 2 is 2.11 bits per heavy atom. The van der Waals surface area contributed by atoms with E-state index in [0.717, 1.165) is 11.8 Å². The second-order valence-corrected chi connectivity index (χ2v) is 3.52. The van der Waals surface area contributed by atoms with Crippen LogP contribution in [-0.2, 0) is 14.3 Å². The summed E-state index contributed by atoms with van der Waals surface area (Å²) >= 11 is 0. The minimum atomic E-state index is -0.713. The van der Waals surface area contributed by atoms with Gasteiger partial charge < -0.3 is 14.5 Å². The van der Waals surface area contributed by atoms with Gasteiger partial charge in [0.2, 0.25) is 0 Å². The third-order valence-electron chi connectivity index (χ3n) is 1.97. The summed E-state index contributed by atoms with van der Waals surface area (Å²) in [6, 6.07) is 2.78. The molecule has 1 rings (SSSR count). The van der Waals surface area contributed by atoms with Crippen LogP contribution in [-0.4, -0.2) is 31.6 Å². The van der Waals surface area contributed by atoms with Crippen LogP contribution in [0.4, 0.5) is 4.79 Å². The van der Waals surface area contributed by atoms with Crippen LogP contribution in [0.15, 0.2) is 22.6 Å². The van der Waals surface area contributed by atoms with Gasteiger partial charge in [0.1, 0.15) is 11.5 Å². The van der Waals surface area contributed by atoms with Crippen LogP contribution in [0.25, 0.3) is 6.08 Å². The molecule has 0 radical (unpaired) electrons. The largest absolute Gasteiger partial charge is 0.462 e. The Balaban J connectivity index is 2.33. The molecule has 1 aromatic heterocycles. The van der Waals surface area contributed by atoms with Gasteiger partial charge in [0, 0.05) is 13.1 Å². The molecule has 0 aromatic carbocycles. The summed E-state index contributed by atoms with van der Waals surface area (Å²) in [6.45, 7) is 1.24. The topological polar surface area (TPSA) is 97.6 Å². The van der Waals surface area contributed by atoms with E-state index in [0.29, 0.717) is 5.76 Å². The van der Waals surface area contributed by atoms with Gasteiger partial charge in [-0.05, 0) is 25.1 Å². The summed E-state index contributed by atoms with van der Waals surface area (Å²) in [5, 5.41) is 4.15. The number of hydrogen-bond acceptors (Lipinski definition) is 5. The number of hydrogen-bond donors (Lipinski definition) is 2. The number of esters is 1. The van der Waals surface area contributed by atoms with Crippen molar-refractivity contribution in [3.8, 4) is 0 Å². The van der Waals surface area contributed by atoms with Crippen molar-refractivity contribution in [2.24, 2.45) is 0 Å². The van der Waals surface area contributed by atoms with Crippen molar-refractivity contribution in [2.45, 2.75) is 6.92 Å². The molecular formula is C12H14N2O5. The van der Waals surface area contributed by atoms with Gasteiger partial charge in [0.15, 0.2) is 6.61 Å². The highest BCUT2D eigenvalue weighted by atomic mass is 16.5. The molecule has 0 aliphatic carbocycles. The fraction of sp³-hybridized carbons (Fsp3) is 0.250. The second-order valence-electron chi connectivity index (χ2n) is 3.52. The van der Waals surface area contributed by atoms with E-state index in [1.807, 2.05) is 5.32 Å². The van der Waals surface area contributed by atoms with E-state index in [1.54, 1.807) is 19.1 Å². The van der Waals surface area contributed by atoms with Crippen LogP contribution in [0.5, 0.6) is 0 Å². The second kappa shape index (κ2) is 7.00. The molecule has 0 aliphatic heterocycles. The van der Waals surface area contributed by atoms with E-state index < -0.39 is 24.5 Å². The van der Waals surface area contributed by atoms with Crippen molar-refractivity contribution < 1.29 is 23.5 Å². The zero-order chi connectivity index (χ0) is 14.3. The van der Waals surface area contributed by atoms with Gasteiger partial charge in [-0.1, -0.05) is 0 Å². The fourth-order valence-electron chi connectivity index (χ4n) is 1.10. The first-order chi connectivity index (χ1) is 9.01. The summed E-state index contributed by atoms with van der Waals surface area (Å²) in [5.74, 6) is -0.196. The Hall–Kier alpha value is -2.57. The van der Waals surface area contributed by atoms with Crippen molar-refractivity contribution >= 4 is 24.0 Å². The summed E-state index contributed by atoms with van der Waals surface area (Å²) < 4.78 is 9.82. The van der Waals surface area contributed by atoms with Crippen molar-refractivity contribution in [1.29, 1.82) is 0 Å². The Labute approximate surface area is 109 Å². The van der Waals surface area contributed by atoms with Crippen LogP contribution in [0.2, 0.25) is 0 Å². The van der Waals surface area contributed by atoms with E-state index in [1.165, 1.54) is 13.1 Å². The van der Waals surface area contributed by atoms with Gasteiger partial charge in [0.25, 0.3) is 5.91 Å². The van der Waals surface area contributed by atoms with Crippen LogP contribution in [0, 0.1) is 6.92 Å². The maximum absolute atomic E-state index is 11.3. The molecule has 0 spiro atoms. The van der Waals surface area contributed by atoms with Crippen LogP contribution in [0.1, 0.15) is 11.5 Å². The third-order valence-corrected chi connectivity index (χ3v) is 1.97. The Kier molecular flexibility index (Phi) is 5.34. The number of aryl methyl sites for hydroxylation is 1. The number of nitrogens with one attached hydrogen (secondary N) is 2. The van der Waals surface area contributed by atoms with E-state index in [9.17, 15) is 14.4 Å². The lowest BCUT2D eigenvalue weighted by molar-refractivity contribution is -0.143. The summed E-state index contributed by atoms with van der Waals surface area (Å²) in [7, 11) is 1.36. The Bertz CT molecular complexity index is 504. The first-order valence-corrected chi connectivity index (χ1v) is 5.44. The maximum Gasteiger partial charge on any atom is 0.331 e. The van der Waals surface area contributed by atoms with Gasteiger partial charge in [0.05, 0.1) is 0 Å². The molecule has 1 heterocycles. The smallest absolute Gasteiger partial charge is 0.331 e. The van der Waals surface area contributed by atoms with Crippen molar-refractivity contribution in [3.63, 3.8) is 0 Å². The summed E-state index contributed by atoms with van der Waals surface area (Å²) in [4.78, 5) is 33.1. The number of rotatable bonds is 4. The molecule has 7 nitrogen and oxygen atoms in total. The van der Waals surface area contributed by atoms with Crippen LogP contribution >= 0.6 is 0 Å². The predicted octanol–water partition coefficient (Wildman–Crippen LogP) is 0.600. The highest BCUT2D eigenvalue weighted by Gasteiger charge is 2.08. The van der Waals surface area contributed by atoms with Crippen LogP contribution in [0.3, 0.4) is 0 Å². The zero-order valence-corrected chi connectivity index (χ0v) is 10.6. The molecule has 0 saturated carbocycles. The Morgan fingerprint density at radius 1 is 1.37 bits per heavy atom. The molecule has 0 unspecified atom stereocenters. The fourth-order valence-corrected chi connectivity index (χ4v) is 1.10. The number of carbonyl (C=O) groups is 3. The monoisotopic (exact) mass is 266 g/mol. The van der Waals surface area contributed by atoms with E-state index >= 15 is 0 Å². The Morgan fingerprint density at radius 3 is 2.68 bits per heavy atom. The van der Waals surface area contributed by atoms with Crippen molar-refractivity contribution in [3.05, 3.63) is 29.7 Å². The lowest BCUT2D eigenvalue weighted by atomic mass is 10.4. The van der Waals surface area contributed by atoms with Crippen molar-refractivity contribution in [2.75, 3.05) is 13.7 Å². The minimum absolute atomic E-state index is 0.504. The number of ether oxygens (including phenoxy) is 1. The van der Waals surface area contributed by atoms with E-state index in [2.05, 4.69) is 10.1 Å². The lowest BCUT2D eigenvalue weighted by Crippen LogP contribution is -2.39. The minimum Gasteiger partial charge on any atom is -0.462 e. The number of amides is 3. The highest BCUT2D eigenvalue weighted by molar-refractivity contribution is 5.96. The molecule has 0 atom stereocenters. The molecule has 0 aliphatic rings. The van der Waals surface area contributed by atoms with Crippen LogP contribution < -0.4 is 10.6 Å². The van der Waals surface area contributed by atoms with E-state index in [4.69, 9.17) is 4.42 Å². The quantitative estimate of drug-likeness (QED) is 0.614. The highest BCUT2D eigenvalue weighted by Crippen LogP contribution is 2.07. The lowest BCUT2D eigenvalue weighted by Gasteiger charge is -2.02. The molecule has 3 amide bonds. The van der Waals surface area contributed by atoms with Gasteiger partial charge in [-0.25, -0.2) is 9.59 Å². The van der Waals surface area contributed by atoms with Gasteiger partial charge in [-0.2, -0.15) is 0 Å². The van der Waals surface area contributed by atoms with Gasteiger partial charge in [-0.3, -0.25) is 10.1 Å². The van der Waals surface area contributed by atoms with Gasteiger partial charge in [-0.15, -0.1) is 0 Å². The molecule has 102 valence electrons. The normalized spacial score (nSPS) is 10.2. The first-order valence-electron chi connectivity index (χ1n) is 5.44. The molecule has 2 N–H and O–H groups in total. The number of urea groups is 1. The number of furan rings is 1. The average Bonchev–Trinajstić information content (AvgIpc) is 2.79. The first kappa shape index (κ1) is 14.5. The molecule has 19 heavy (non-hydrogen) atoms. The summed E-state index contributed by atoms with van der Waals surface area (Å²) in [6.07, 6.45) is 2.55. The van der Waals surface area contributed by atoms with Gasteiger partial charge >= 0.3 is 12.0 Å². The van der Waals surface area contributed by atoms with E-state index in [-0.39, 0.29) is 0 Å². The molecule has 0 saturated heterocycles. The van der Waals surface area contributed by atoms with Crippen molar-refractivity contribution in [1.82, 2.24) is 10.6 Å². The SMILES string of the molecule is CNC(=O)NC(=O)COC(=O)C=Cc1ccc(C)o1. The average molecular weight is 266 g/mol. The molecule has 7 heteroatoms. The molecular weight excluding hydrogens is 252 g/mol. The predicted molar refractivity (Wildman–Crippen MR) is 66.0 cm³/mol. The maximum atomic E-state index is 11.3. The summed E-state index contributed by atoms with van der Waals surface area (Å²) in [5.41, 5.74) is 0. The zero-order valence-electron chi connectivity index (χ0n) is 10.6. The standard InChI is InChI=1S/C12H14N2O5/c1-8-3-4-9(19-8)5-6-11(16)18-7-10(15)14-12(17)13-2/h3-6H,7H2,1-2H3,(H2,13,14,15,17). The third kappa shape index (κ3) is 5.53. The number of imide groups is 1. The molecule has 1 aromatic rings. The molecule has 0 fully saturated rings. The molecule has 0 bridgehead atoms. The number of carbonyl (C=O) groups excluding carboxylic acids is 3.